The highest BCUT2D eigenvalue weighted by Gasteiger charge is 2.08. The van der Waals surface area contributed by atoms with Crippen molar-refractivity contribution in [1.82, 2.24) is 9.88 Å². The topological polar surface area (TPSA) is 33.2 Å². The van der Waals surface area contributed by atoms with Crippen molar-refractivity contribution in [3.63, 3.8) is 0 Å². The van der Waals surface area contributed by atoms with E-state index in [2.05, 4.69) is 4.98 Å². The molecule has 0 radical (unpaired) electrons. The minimum Gasteiger partial charge on any atom is -0.343 e. The molecule has 0 aliphatic carbocycles. The average molecular weight is 168 g/mol. The lowest BCUT2D eigenvalue weighted by atomic mass is 10.3. The first kappa shape index (κ1) is 8.64. The van der Waals surface area contributed by atoms with E-state index in [-0.39, 0.29) is 11.6 Å². The zero-order chi connectivity index (χ0) is 9.14. The van der Waals surface area contributed by atoms with Gasteiger partial charge >= 0.3 is 0 Å². The number of hydrogen-bond acceptors (Lipinski definition) is 2. The van der Waals surface area contributed by atoms with Crippen molar-refractivity contribution >= 4 is 5.91 Å². The molecule has 3 nitrogen and oxygen atoms in total. The number of pyridine rings is 1. The van der Waals surface area contributed by atoms with Crippen LogP contribution in [0.3, 0.4) is 0 Å². The summed E-state index contributed by atoms with van der Waals surface area (Å²) in [4.78, 5) is 16.2. The summed E-state index contributed by atoms with van der Waals surface area (Å²) < 4.78 is 12.4. The second kappa shape index (κ2) is 3.30. The summed E-state index contributed by atoms with van der Waals surface area (Å²) in [6.07, 6.45) is 1.02. The molecule has 1 amide bonds. The molecule has 0 bridgehead atoms. The smallest absolute Gasteiger partial charge is 0.271 e. The number of nitrogens with zero attached hydrogens (tertiary/aromatic N) is 2. The van der Waals surface area contributed by atoms with Crippen LogP contribution in [-0.4, -0.2) is 29.9 Å². The van der Waals surface area contributed by atoms with Crippen LogP contribution in [0.4, 0.5) is 4.39 Å². The van der Waals surface area contributed by atoms with Crippen LogP contribution in [0.25, 0.3) is 0 Å². The van der Waals surface area contributed by atoms with E-state index in [0.717, 1.165) is 6.20 Å². The minimum atomic E-state index is -0.440. The minimum absolute atomic E-state index is 0.227. The van der Waals surface area contributed by atoms with E-state index in [0.29, 0.717) is 0 Å². The Morgan fingerprint density at radius 1 is 1.50 bits per heavy atom. The molecule has 0 spiro atoms. The van der Waals surface area contributed by atoms with Gasteiger partial charge in [-0.25, -0.2) is 9.37 Å². The molecule has 12 heavy (non-hydrogen) atoms. The summed E-state index contributed by atoms with van der Waals surface area (Å²) in [5, 5.41) is 0. The standard InChI is InChI=1S/C8H9FN2O/c1-11(2)8(12)7-4-3-6(9)5-10-7/h3-5H,1-2H3. The van der Waals surface area contributed by atoms with Crippen LogP contribution in [0.15, 0.2) is 18.3 Å². The van der Waals surface area contributed by atoms with Crippen molar-refractivity contribution in [2.24, 2.45) is 0 Å². The molecule has 1 heterocycles. The Balaban J connectivity index is 2.90. The lowest BCUT2D eigenvalue weighted by Gasteiger charge is -2.08. The quantitative estimate of drug-likeness (QED) is 0.624. The van der Waals surface area contributed by atoms with E-state index in [1.54, 1.807) is 14.1 Å². The monoisotopic (exact) mass is 168 g/mol. The first-order valence-corrected chi connectivity index (χ1v) is 3.44. The van der Waals surface area contributed by atoms with Gasteiger partial charge < -0.3 is 4.90 Å². The van der Waals surface area contributed by atoms with Gasteiger partial charge in [-0.15, -0.1) is 0 Å². The van der Waals surface area contributed by atoms with Gasteiger partial charge in [0.05, 0.1) is 6.20 Å². The molecule has 0 unspecified atom stereocenters. The van der Waals surface area contributed by atoms with Crippen molar-refractivity contribution in [1.29, 1.82) is 0 Å². The van der Waals surface area contributed by atoms with E-state index in [1.807, 2.05) is 0 Å². The maximum absolute atomic E-state index is 12.4. The van der Waals surface area contributed by atoms with Crippen LogP contribution in [0.2, 0.25) is 0 Å². The Morgan fingerprint density at radius 2 is 2.17 bits per heavy atom. The van der Waals surface area contributed by atoms with Crippen molar-refractivity contribution in [3.05, 3.63) is 29.8 Å². The lowest BCUT2D eigenvalue weighted by Crippen LogP contribution is -2.22. The molecule has 1 aromatic rings. The Bertz CT molecular complexity index is 282. The highest BCUT2D eigenvalue weighted by molar-refractivity contribution is 5.91. The SMILES string of the molecule is CN(C)C(=O)c1ccc(F)cn1. The van der Waals surface area contributed by atoms with E-state index in [4.69, 9.17) is 0 Å². The molecule has 4 heteroatoms. The number of carbonyl (C=O) groups excluding carboxylic acids is 1. The molecule has 0 N–H and O–H groups in total. The normalized spacial score (nSPS) is 9.58. The van der Waals surface area contributed by atoms with Crippen LogP contribution < -0.4 is 0 Å². The first-order valence-electron chi connectivity index (χ1n) is 3.44. The van der Waals surface area contributed by atoms with Crippen LogP contribution in [-0.2, 0) is 0 Å². The molecule has 1 rings (SSSR count). The van der Waals surface area contributed by atoms with E-state index >= 15 is 0 Å². The summed E-state index contributed by atoms with van der Waals surface area (Å²) in [6.45, 7) is 0. The summed E-state index contributed by atoms with van der Waals surface area (Å²) in [6, 6.07) is 2.57. The van der Waals surface area contributed by atoms with Gasteiger partial charge in [0.15, 0.2) is 0 Å². The Morgan fingerprint density at radius 3 is 2.58 bits per heavy atom. The van der Waals surface area contributed by atoms with Crippen molar-refractivity contribution < 1.29 is 9.18 Å². The summed E-state index contributed by atoms with van der Waals surface area (Å²) >= 11 is 0. The molecule has 0 aromatic carbocycles. The third-order valence-electron chi connectivity index (χ3n) is 1.35. The Kier molecular flexibility index (Phi) is 2.38. The number of rotatable bonds is 1. The second-order valence-electron chi connectivity index (χ2n) is 2.56. The molecule has 0 saturated carbocycles. The van der Waals surface area contributed by atoms with Crippen molar-refractivity contribution in [2.45, 2.75) is 0 Å². The maximum atomic E-state index is 12.4. The second-order valence-corrected chi connectivity index (χ2v) is 2.56. The van der Waals surface area contributed by atoms with Gasteiger partial charge in [-0.05, 0) is 12.1 Å². The first-order chi connectivity index (χ1) is 5.61. The van der Waals surface area contributed by atoms with Gasteiger partial charge in [-0.3, -0.25) is 4.79 Å². The average Bonchev–Trinajstić information content (AvgIpc) is 2.04. The van der Waals surface area contributed by atoms with Gasteiger partial charge in [0.1, 0.15) is 11.5 Å². The molecule has 0 atom stereocenters. The predicted molar refractivity (Wildman–Crippen MR) is 42.2 cm³/mol. The zero-order valence-electron chi connectivity index (χ0n) is 6.91. The summed E-state index contributed by atoms with van der Waals surface area (Å²) in [5.41, 5.74) is 0.251. The number of halogens is 1. The fraction of sp³-hybridized carbons (Fsp3) is 0.250. The van der Waals surface area contributed by atoms with Gasteiger partial charge in [0.25, 0.3) is 5.91 Å². The molecule has 64 valence electrons. The highest BCUT2D eigenvalue weighted by Crippen LogP contribution is 1.99. The molecule has 0 fully saturated rings. The van der Waals surface area contributed by atoms with Gasteiger partial charge in [0.2, 0.25) is 0 Å². The molecule has 1 aromatic heterocycles. The fourth-order valence-electron chi connectivity index (χ4n) is 0.731. The van der Waals surface area contributed by atoms with E-state index in [1.165, 1.54) is 17.0 Å². The zero-order valence-corrected chi connectivity index (χ0v) is 6.91. The van der Waals surface area contributed by atoms with Crippen LogP contribution in [0.1, 0.15) is 10.5 Å². The number of amides is 1. The molecular formula is C8H9FN2O. The Labute approximate surface area is 69.8 Å². The summed E-state index contributed by atoms with van der Waals surface area (Å²) in [7, 11) is 3.24. The van der Waals surface area contributed by atoms with E-state index < -0.39 is 5.82 Å². The number of carbonyl (C=O) groups is 1. The number of aromatic nitrogens is 1. The Hall–Kier alpha value is -1.45. The summed E-state index contributed by atoms with van der Waals surface area (Å²) in [5.74, 6) is -0.666. The van der Waals surface area contributed by atoms with Crippen LogP contribution >= 0.6 is 0 Å². The molecule has 0 aliphatic rings. The van der Waals surface area contributed by atoms with Crippen molar-refractivity contribution in [3.8, 4) is 0 Å². The molecule has 0 saturated heterocycles. The van der Waals surface area contributed by atoms with E-state index in [9.17, 15) is 9.18 Å². The van der Waals surface area contributed by atoms with Gasteiger partial charge in [-0.2, -0.15) is 0 Å². The fourth-order valence-corrected chi connectivity index (χ4v) is 0.731. The molecule has 0 aliphatic heterocycles. The third-order valence-corrected chi connectivity index (χ3v) is 1.35. The van der Waals surface area contributed by atoms with Crippen LogP contribution in [0.5, 0.6) is 0 Å². The third kappa shape index (κ3) is 1.78. The lowest BCUT2D eigenvalue weighted by molar-refractivity contribution is 0.0822. The number of hydrogen-bond donors (Lipinski definition) is 0. The van der Waals surface area contributed by atoms with Crippen molar-refractivity contribution in [2.75, 3.05) is 14.1 Å². The van der Waals surface area contributed by atoms with Gasteiger partial charge in [0, 0.05) is 14.1 Å². The molecular weight excluding hydrogens is 159 g/mol. The van der Waals surface area contributed by atoms with Crippen LogP contribution in [0, 0.1) is 5.82 Å². The largest absolute Gasteiger partial charge is 0.343 e. The predicted octanol–water partition coefficient (Wildman–Crippen LogP) is 0.922. The highest BCUT2D eigenvalue weighted by atomic mass is 19.1. The van der Waals surface area contributed by atoms with Gasteiger partial charge in [-0.1, -0.05) is 0 Å². The maximum Gasteiger partial charge on any atom is 0.271 e.